The number of hydrogen-bond acceptors (Lipinski definition) is 3. The SMILES string of the molecule is CCC1CCC(Oc2cccc3cc(C(C)N4CC(C(=O)O)C4)ccc23)CC1. The molecule has 2 aromatic carbocycles. The highest BCUT2D eigenvalue weighted by Crippen LogP contribution is 2.35. The number of nitrogens with zero attached hydrogens (tertiary/aromatic N) is 1. The van der Waals surface area contributed by atoms with Crippen molar-refractivity contribution >= 4 is 16.7 Å². The van der Waals surface area contributed by atoms with Crippen molar-refractivity contribution < 1.29 is 14.6 Å². The third-order valence-corrected chi connectivity index (χ3v) is 6.82. The van der Waals surface area contributed by atoms with Crippen LogP contribution >= 0.6 is 0 Å². The lowest BCUT2D eigenvalue weighted by atomic mass is 9.86. The molecule has 0 spiro atoms. The van der Waals surface area contributed by atoms with Gasteiger partial charge in [0.15, 0.2) is 0 Å². The fraction of sp³-hybridized carbons (Fsp3) is 0.542. The van der Waals surface area contributed by atoms with Crippen molar-refractivity contribution in [2.75, 3.05) is 13.1 Å². The number of carboxylic acid groups (broad SMARTS) is 1. The van der Waals surface area contributed by atoms with Crippen LogP contribution in [0.1, 0.15) is 57.6 Å². The second kappa shape index (κ2) is 8.12. The molecule has 1 heterocycles. The molecule has 1 aliphatic heterocycles. The summed E-state index contributed by atoms with van der Waals surface area (Å²) in [5.74, 6) is 0.965. The summed E-state index contributed by atoms with van der Waals surface area (Å²) in [5, 5.41) is 11.5. The number of fused-ring (bicyclic) bond motifs is 1. The van der Waals surface area contributed by atoms with E-state index in [0.717, 1.165) is 24.5 Å². The summed E-state index contributed by atoms with van der Waals surface area (Å²) < 4.78 is 6.41. The molecule has 1 saturated heterocycles. The molecule has 4 nitrogen and oxygen atoms in total. The van der Waals surface area contributed by atoms with Crippen molar-refractivity contribution in [1.29, 1.82) is 0 Å². The van der Waals surface area contributed by atoms with Gasteiger partial charge in [0.25, 0.3) is 0 Å². The van der Waals surface area contributed by atoms with Crippen LogP contribution in [0.5, 0.6) is 5.75 Å². The molecule has 0 bridgehead atoms. The van der Waals surface area contributed by atoms with Crippen LogP contribution < -0.4 is 4.74 Å². The van der Waals surface area contributed by atoms with Crippen LogP contribution in [-0.4, -0.2) is 35.2 Å². The van der Waals surface area contributed by atoms with E-state index in [1.54, 1.807) is 0 Å². The topological polar surface area (TPSA) is 49.8 Å². The smallest absolute Gasteiger partial charge is 0.309 e. The van der Waals surface area contributed by atoms with Gasteiger partial charge >= 0.3 is 5.97 Å². The Morgan fingerprint density at radius 2 is 1.93 bits per heavy atom. The zero-order valence-corrected chi connectivity index (χ0v) is 16.9. The first-order valence-corrected chi connectivity index (χ1v) is 10.7. The van der Waals surface area contributed by atoms with Crippen LogP contribution in [0.4, 0.5) is 0 Å². The standard InChI is InChI=1S/C24H31NO3/c1-3-17-7-10-21(11-8-17)28-23-6-4-5-19-13-18(9-12-22(19)23)16(2)25-14-20(15-25)24(26)27/h4-6,9,12-13,16-17,20-21H,3,7-8,10-11,14-15H2,1-2H3,(H,26,27). The summed E-state index contributed by atoms with van der Waals surface area (Å²) in [4.78, 5) is 13.3. The highest BCUT2D eigenvalue weighted by molar-refractivity contribution is 5.89. The molecule has 2 fully saturated rings. The van der Waals surface area contributed by atoms with Crippen molar-refractivity contribution in [3.8, 4) is 5.75 Å². The molecular formula is C24H31NO3. The Morgan fingerprint density at radius 3 is 2.61 bits per heavy atom. The van der Waals surface area contributed by atoms with Crippen LogP contribution in [-0.2, 0) is 4.79 Å². The van der Waals surface area contributed by atoms with E-state index in [0.29, 0.717) is 19.2 Å². The van der Waals surface area contributed by atoms with Gasteiger partial charge in [-0.3, -0.25) is 9.69 Å². The van der Waals surface area contributed by atoms with Crippen molar-refractivity contribution in [1.82, 2.24) is 4.90 Å². The molecule has 2 aliphatic rings. The molecule has 1 aliphatic carbocycles. The Kier molecular flexibility index (Phi) is 5.58. The number of hydrogen-bond donors (Lipinski definition) is 1. The molecular weight excluding hydrogens is 350 g/mol. The molecule has 28 heavy (non-hydrogen) atoms. The maximum Gasteiger partial charge on any atom is 0.309 e. The summed E-state index contributed by atoms with van der Waals surface area (Å²) >= 11 is 0. The summed E-state index contributed by atoms with van der Waals surface area (Å²) in [6, 6.07) is 13.1. The highest BCUT2D eigenvalue weighted by Gasteiger charge is 2.35. The summed E-state index contributed by atoms with van der Waals surface area (Å²) in [6.45, 7) is 5.72. The maximum absolute atomic E-state index is 11.1. The lowest BCUT2D eigenvalue weighted by Gasteiger charge is -2.41. The van der Waals surface area contributed by atoms with E-state index in [-0.39, 0.29) is 12.0 Å². The minimum absolute atomic E-state index is 0.217. The van der Waals surface area contributed by atoms with Gasteiger partial charge < -0.3 is 9.84 Å². The van der Waals surface area contributed by atoms with E-state index < -0.39 is 5.97 Å². The van der Waals surface area contributed by atoms with E-state index in [1.165, 1.54) is 35.6 Å². The fourth-order valence-corrected chi connectivity index (χ4v) is 4.67. The Labute approximate surface area is 167 Å². The van der Waals surface area contributed by atoms with Crippen molar-refractivity contribution in [2.45, 2.75) is 58.1 Å². The Morgan fingerprint density at radius 1 is 1.18 bits per heavy atom. The van der Waals surface area contributed by atoms with Gasteiger partial charge in [0.2, 0.25) is 0 Å². The Balaban J connectivity index is 1.47. The second-order valence-corrected chi connectivity index (χ2v) is 8.57. The van der Waals surface area contributed by atoms with Gasteiger partial charge in [-0.15, -0.1) is 0 Å². The number of rotatable bonds is 6. The predicted octanol–water partition coefficient (Wildman–Crippen LogP) is 5.26. The van der Waals surface area contributed by atoms with Crippen LogP contribution in [0.2, 0.25) is 0 Å². The van der Waals surface area contributed by atoms with E-state index in [2.05, 4.69) is 55.1 Å². The molecule has 0 amide bonds. The third kappa shape index (κ3) is 3.88. The van der Waals surface area contributed by atoms with Gasteiger partial charge in [-0.1, -0.05) is 37.6 Å². The Bertz CT molecular complexity index is 835. The normalized spacial score (nSPS) is 24.6. The van der Waals surface area contributed by atoms with Gasteiger partial charge in [0.05, 0.1) is 12.0 Å². The summed E-state index contributed by atoms with van der Waals surface area (Å²) in [5.41, 5.74) is 1.23. The minimum Gasteiger partial charge on any atom is -0.490 e. The average Bonchev–Trinajstić information content (AvgIpc) is 2.67. The quantitative estimate of drug-likeness (QED) is 0.741. The van der Waals surface area contributed by atoms with Crippen molar-refractivity contribution in [3.63, 3.8) is 0 Å². The average molecular weight is 382 g/mol. The highest BCUT2D eigenvalue weighted by atomic mass is 16.5. The lowest BCUT2D eigenvalue weighted by Crippen LogP contribution is -2.51. The van der Waals surface area contributed by atoms with Gasteiger partial charge in [0, 0.05) is 24.5 Å². The van der Waals surface area contributed by atoms with Crippen LogP contribution in [0.15, 0.2) is 36.4 Å². The largest absolute Gasteiger partial charge is 0.490 e. The molecule has 1 saturated carbocycles. The zero-order valence-electron chi connectivity index (χ0n) is 16.9. The zero-order chi connectivity index (χ0) is 19.7. The van der Waals surface area contributed by atoms with E-state index in [9.17, 15) is 4.79 Å². The number of carbonyl (C=O) groups is 1. The number of benzene rings is 2. The van der Waals surface area contributed by atoms with Gasteiger partial charge in [0.1, 0.15) is 5.75 Å². The maximum atomic E-state index is 11.1. The molecule has 2 aromatic rings. The van der Waals surface area contributed by atoms with Crippen molar-refractivity contribution in [3.05, 3.63) is 42.0 Å². The molecule has 0 aromatic heterocycles. The number of ether oxygens (including phenoxy) is 1. The summed E-state index contributed by atoms with van der Waals surface area (Å²) in [6.07, 6.45) is 6.49. The van der Waals surface area contributed by atoms with Gasteiger partial charge in [-0.25, -0.2) is 0 Å². The van der Waals surface area contributed by atoms with Crippen LogP contribution in [0.25, 0.3) is 10.8 Å². The monoisotopic (exact) mass is 381 g/mol. The van der Waals surface area contributed by atoms with Crippen LogP contribution in [0.3, 0.4) is 0 Å². The molecule has 0 radical (unpaired) electrons. The van der Waals surface area contributed by atoms with Gasteiger partial charge in [-0.05, 0) is 61.6 Å². The molecule has 1 atom stereocenters. The van der Waals surface area contributed by atoms with Gasteiger partial charge in [-0.2, -0.15) is 0 Å². The fourth-order valence-electron chi connectivity index (χ4n) is 4.67. The molecule has 1 N–H and O–H groups in total. The first-order valence-electron chi connectivity index (χ1n) is 10.7. The van der Waals surface area contributed by atoms with E-state index in [1.807, 2.05) is 0 Å². The first-order chi connectivity index (χ1) is 13.5. The first kappa shape index (κ1) is 19.3. The number of carboxylic acids is 1. The molecule has 4 heteroatoms. The Hall–Kier alpha value is -2.07. The van der Waals surface area contributed by atoms with Crippen molar-refractivity contribution in [2.24, 2.45) is 11.8 Å². The third-order valence-electron chi connectivity index (χ3n) is 6.82. The summed E-state index contributed by atoms with van der Waals surface area (Å²) in [7, 11) is 0. The van der Waals surface area contributed by atoms with E-state index in [4.69, 9.17) is 9.84 Å². The number of likely N-dealkylation sites (tertiary alicyclic amines) is 1. The predicted molar refractivity (Wildman–Crippen MR) is 112 cm³/mol. The number of aliphatic carboxylic acids is 1. The lowest BCUT2D eigenvalue weighted by molar-refractivity contribution is -0.148. The molecule has 4 rings (SSSR count). The molecule has 1 unspecified atom stereocenters. The molecule has 150 valence electrons. The second-order valence-electron chi connectivity index (χ2n) is 8.57. The minimum atomic E-state index is -0.684. The van der Waals surface area contributed by atoms with Crippen LogP contribution in [0, 0.1) is 11.8 Å². The van der Waals surface area contributed by atoms with E-state index >= 15 is 0 Å².